The fourth-order valence-corrected chi connectivity index (χ4v) is 2.89. The molecular formula is C16H22ClFN4O3. The topological polar surface area (TPSA) is 65.1 Å². The van der Waals surface area contributed by atoms with Crippen LogP contribution in [0.1, 0.15) is 6.92 Å². The van der Waals surface area contributed by atoms with Gasteiger partial charge in [0.25, 0.3) is 0 Å². The predicted octanol–water partition coefficient (Wildman–Crippen LogP) is 1.42. The first-order chi connectivity index (χ1) is 11.5. The number of nitrogens with one attached hydrogen (secondary N) is 1. The Kier molecular flexibility index (Phi) is 6.07. The van der Waals surface area contributed by atoms with E-state index in [4.69, 9.17) is 4.74 Å². The Balaban J connectivity index is 0.00000225. The molecule has 1 aromatic rings. The van der Waals surface area contributed by atoms with E-state index < -0.39 is 12.3 Å². The molecule has 2 saturated heterocycles. The van der Waals surface area contributed by atoms with Crippen LogP contribution in [0.2, 0.25) is 0 Å². The van der Waals surface area contributed by atoms with Crippen molar-refractivity contribution >= 4 is 35.8 Å². The summed E-state index contributed by atoms with van der Waals surface area (Å²) in [5.41, 5.74) is 0.959. The van der Waals surface area contributed by atoms with Crippen LogP contribution in [-0.2, 0) is 9.53 Å². The molecule has 0 bridgehead atoms. The van der Waals surface area contributed by atoms with Crippen molar-refractivity contribution in [1.29, 1.82) is 0 Å². The van der Waals surface area contributed by atoms with Gasteiger partial charge in [0.05, 0.1) is 17.9 Å². The average Bonchev–Trinajstić information content (AvgIpc) is 2.96. The summed E-state index contributed by atoms with van der Waals surface area (Å²) in [4.78, 5) is 28.1. The van der Waals surface area contributed by atoms with Crippen LogP contribution in [0.3, 0.4) is 0 Å². The number of nitrogens with zero attached hydrogens (tertiary/aromatic N) is 3. The molecule has 0 saturated carbocycles. The number of likely N-dealkylation sites (N-methyl/N-ethyl adjacent to an activating group) is 1. The largest absolute Gasteiger partial charge is 0.423 e. The summed E-state index contributed by atoms with van der Waals surface area (Å²) >= 11 is 0. The minimum Gasteiger partial charge on any atom is -0.423 e. The smallest absolute Gasteiger partial charge is 0.416 e. The first kappa shape index (κ1) is 19.3. The van der Waals surface area contributed by atoms with Crippen LogP contribution in [0, 0.1) is 5.82 Å². The molecule has 2 heterocycles. The van der Waals surface area contributed by atoms with E-state index in [1.165, 1.54) is 22.8 Å². The van der Waals surface area contributed by atoms with Crippen LogP contribution in [-0.4, -0.2) is 62.9 Å². The summed E-state index contributed by atoms with van der Waals surface area (Å²) in [6.07, 6.45) is -1.24. The molecule has 0 spiro atoms. The quantitative estimate of drug-likeness (QED) is 0.869. The molecule has 0 radical (unpaired) electrons. The third-order valence-electron chi connectivity index (χ3n) is 4.43. The Hall–Kier alpha value is -2.06. The van der Waals surface area contributed by atoms with Crippen molar-refractivity contribution < 1.29 is 18.7 Å². The van der Waals surface area contributed by atoms with Gasteiger partial charge in [-0.15, -0.1) is 12.4 Å². The zero-order valence-corrected chi connectivity index (χ0v) is 15.0. The molecule has 1 N–H and O–H groups in total. The Morgan fingerprint density at radius 3 is 2.64 bits per heavy atom. The Labute approximate surface area is 152 Å². The highest BCUT2D eigenvalue weighted by Gasteiger charge is 2.36. The van der Waals surface area contributed by atoms with Gasteiger partial charge in [0.1, 0.15) is 5.82 Å². The molecule has 1 unspecified atom stereocenters. The number of hydrogen-bond acceptors (Lipinski definition) is 5. The van der Waals surface area contributed by atoms with Crippen molar-refractivity contribution in [3.05, 3.63) is 24.0 Å². The number of cyclic esters (lactones) is 1. The van der Waals surface area contributed by atoms with Gasteiger partial charge >= 0.3 is 6.09 Å². The minimum atomic E-state index is -0.661. The average molecular weight is 373 g/mol. The Morgan fingerprint density at radius 1 is 1.36 bits per heavy atom. The van der Waals surface area contributed by atoms with Gasteiger partial charge in [0.15, 0.2) is 6.23 Å². The fraction of sp³-hybridized carbons (Fsp3) is 0.500. The second-order valence-corrected chi connectivity index (χ2v) is 5.95. The van der Waals surface area contributed by atoms with Crippen LogP contribution in [0.4, 0.5) is 20.6 Å². The van der Waals surface area contributed by atoms with Gasteiger partial charge in [0.2, 0.25) is 5.91 Å². The van der Waals surface area contributed by atoms with E-state index in [-0.39, 0.29) is 30.7 Å². The minimum absolute atomic E-state index is 0. The summed E-state index contributed by atoms with van der Waals surface area (Å²) in [7, 11) is 1.57. The van der Waals surface area contributed by atoms with Gasteiger partial charge in [-0.2, -0.15) is 0 Å². The predicted molar refractivity (Wildman–Crippen MR) is 94.8 cm³/mol. The van der Waals surface area contributed by atoms with Crippen molar-refractivity contribution in [2.24, 2.45) is 0 Å². The van der Waals surface area contributed by atoms with E-state index in [2.05, 4.69) is 5.32 Å². The number of carbonyl (C=O) groups excluding carboxylic acids is 2. The number of anilines is 2. The molecule has 2 aliphatic rings. The Bertz CT molecular complexity index is 654. The molecule has 0 aliphatic carbocycles. The lowest BCUT2D eigenvalue weighted by atomic mass is 10.2. The molecular weight excluding hydrogens is 351 g/mol. The maximum atomic E-state index is 14.5. The summed E-state index contributed by atoms with van der Waals surface area (Å²) in [5.74, 6) is -0.569. The number of piperazine rings is 1. The maximum Gasteiger partial charge on any atom is 0.416 e. The highest BCUT2D eigenvalue weighted by Crippen LogP contribution is 2.28. The van der Waals surface area contributed by atoms with Crippen molar-refractivity contribution in [3.8, 4) is 0 Å². The van der Waals surface area contributed by atoms with Crippen molar-refractivity contribution in [2.45, 2.75) is 13.2 Å². The van der Waals surface area contributed by atoms with Gasteiger partial charge in [-0.1, -0.05) is 0 Å². The summed E-state index contributed by atoms with van der Waals surface area (Å²) in [5, 5.41) is 3.22. The van der Waals surface area contributed by atoms with Gasteiger partial charge in [-0.3, -0.25) is 9.69 Å². The molecule has 7 nitrogen and oxygen atoms in total. The van der Waals surface area contributed by atoms with E-state index in [1.807, 2.05) is 4.90 Å². The van der Waals surface area contributed by atoms with Crippen LogP contribution in [0.15, 0.2) is 18.2 Å². The molecule has 2 amide bonds. The molecule has 0 aromatic heterocycles. The summed E-state index contributed by atoms with van der Waals surface area (Å²) in [6, 6.07) is 4.73. The van der Waals surface area contributed by atoms with Gasteiger partial charge in [-0.05, 0) is 18.2 Å². The number of hydrogen-bond donors (Lipinski definition) is 1. The van der Waals surface area contributed by atoms with E-state index in [1.54, 1.807) is 19.2 Å². The summed E-state index contributed by atoms with van der Waals surface area (Å²) in [6.45, 7) is 4.71. The van der Waals surface area contributed by atoms with Crippen molar-refractivity contribution in [3.63, 3.8) is 0 Å². The zero-order valence-electron chi connectivity index (χ0n) is 14.2. The summed E-state index contributed by atoms with van der Waals surface area (Å²) < 4.78 is 19.7. The van der Waals surface area contributed by atoms with Crippen LogP contribution in [0.5, 0.6) is 0 Å². The molecule has 9 heteroatoms. The molecule has 25 heavy (non-hydrogen) atoms. The van der Waals surface area contributed by atoms with E-state index in [0.717, 1.165) is 26.2 Å². The second-order valence-electron chi connectivity index (χ2n) is 5.95. The maximum absolute atomic E-state index is 14.5. The monoisotopic (exact) mass is 372 g/mol. The highest BCUT2D eigenvalue weighted by atomic mass is 35.5. The fourth-order valence-electron chi connectivity index (χ4n) is 2.89. The Morgan fingerprint density at radius 2 is 2.04 bits per heavy atom. The number of amides is 2. The lowest BCUT2D eigenvalue weighted by Gasteiger charge is -2.30. The van der Waals surface area contributed by atoms with Crippen molar-refractivity contribution in [1.82, 2.24) is 10.2 Å². The molecule has 2 aliphatic heterocycles. The lowest BCUT2D eigenvalue weighted by Crippen LogP contribution is -2.43. The van der Waals surface area contributed by atoms with Gasteiger partial charge in [-0.25, -0.2) is 9.18 Å². The molecule has 1 atom stereocenters. The van der Waals surface area contributed by atoms with Crippen LogP contribution >= 0.6 is 12.4 Å². The molecule has 2 fully saturated rings. The third kappa shape index (κ3) is 3.96. The standard InChI is InChI=1S/C16H21FN4O3.ClH/c1-11(22)19(2)15-10-21(16(23)24-15)12-3-4-14(13(17)9-12)20-7-5-18-6-8-20;/h3-4,9,15,18H,5-8,10H2,1-2H3;1H. The molecule has 138 valence electrons. The van der Waals surface area contributed by atoms with Gasteiger partial charge in [0, 0.05) is 40.2 Å². The second kappa shape index (κ2) is 7.88. The van der Waals surface area contributed by atoms with E-state index in [0.29, 0.717) is 11.4 Å². The highest BCUT2D eigenvalue weighted by molar-refractivity contribution is 5.90. The first-order valence-corrected chi connectivity index (χ1v) is 7.94. The number of halogens is 2. The normalized spacial score (nSPS) is 20.1. The number of ether oxygens (including phenoxy) is 1. The number of carbonyl (C=O) groups is 2. The number of rotatable bonds is 3. The lowest BCUT2D eigenvalue weighted by molar-refractivity contribution is -0.134. The van der Waals surface area contributed by atoms with E-state index in [9.17, 15) is 14.0 Å². The van der Waals surface area contributed by atoms with Crippen LogP contribution in [0.25, 0.3) is 0 Å². The van der Waals surface area contributed by atoms with Gasteiger partial charge < -0.3 is 19.9 Å². The molecule has 1 aromatic carbocycles. The molecule has 3 rings (SSSR count). The van der Waals surface area contributed by atoms with Crippen molar-refractivity contribution in [2.75, 3.05) is 49.6 Å². The zero-order chi connectivity index (χ0) is 17.3. The number of benzene rings is 1. The SMILES string of the molecule is CC(=O)N(C)C1CN(c2ccc(N3CCNCC3)c(F)c2)C(=O)O1.Cl. The third-order valence-corrected chi connectivity index (χ3v) is 4.43. The van der Waals surface area contributed by atoms with E-state index >= 15 is 0 Å². The first-order valence-electron chi connectivity index (χ1n) is 7.94. The van der Waals surface area contributed by atoms with Crippen LogP contribution < -0.4 is 15.1 Å².